The molecule has 0 bridgehead atoms. The number of aromatic nitrogens is 1. The Kier molecular flexibility index (Phi) is 2.60. The summed E-state index contributed by atoms with van der Waals surface area (Å²) < 4.78 is 1.86. The van der Waals surface area contributed by atoms with Crippen molar-refractivity contribution in [1.82, 2.24) is 4.57 Å². The highest BCUT2D eigenvalue weighted by Gasteiger charge is 2.19. The maximum Gasteiger partial charge on any atom is 0.266 e. The van der Waals surface area contributed by atoms with Crippen LogP contribution in [0.5, 0.6) is 0 Å². The van der Waals surface area contributed by atoms with Gasteiger partial charge in [-0.15, -0.1) is 0 Å². The smallest absolute Gasteiger partial charge is 0.266 e. The number of primary amides is 1. The molecule has 3 rings (SSSR count). The fourth-order valence-corrected chi connectivity index (χ4v) is 2.58. The maximum atomic E-state index is 11.8. The highest BCUT2D eigenvalue weighted by atomic mass is 16.1. The molecule has 3 nitrogen and oxygen atoms in total. The van der Waals surface area contributed by atoms with Crippen LogP contribution in [0.2, 0.25) is 0 Å². The van der Waals surface area contributed by atoms with E-state index in [1.165, 1.54) is 0 Å². The van der Waals surface area contributed by atoms with Gasteiger partial charge in [0.15, 0.2) is 0 Å². The number of nitrogens with zero attached hydrogens (tertiary/aromatic N) is 1. The lowest BCUT2D eigenvalue weighted by Crippen LogP contribution is -2.16. The van der Waals surface area contributed by atoms with Crippen molar-refractivity contribution in [1.29, 1.82) is 0 Å². The fraction of sp³-hybridized carbons (Fsp3) is 0.0625. The van der Waals surface area contributed by atoms with E-state index in [2.05, 4.69) is 0 Å². The molecular formula is C16H14N2O. The number of hydrogen-bond donors (Lipinski definition) is 1. The van der Waals surface area contributed by atoms with Gasteiger partial charge in [-0.1, -0.05) is 48.5 Å². The van der Waals surface area contributed by atoms with Gasteiger partial charge < -0.3 is 10.3 Å². The van der Waals surface area contributed by atoms with Crippen molar-refractivity contribution in [3.8, 4) is 11.1 Å². The van der Waals surface area contributed by atoms with Gasteiger partial charge in [0.05, 0.1) is 0 Å². The van der Waals surface area contributed by atoms with Crippen molar-refractivity contribution in [3.05, 3.63) is 60.3 Å². The normalized spacial score (nSPS) is 10.8. The van der Waals surface area contributed by atoms with Crippen molar-refractivity contribution in [3.63, 3.8) is 0 Å². The first-order valence-corrected chi connectivity index (χ1v) is 6.13. The Labute approximate surface area is 111 Å². The first-order chi connectivity index (χ1) is 9.20. The molecule has 1 aromatic heterocycles. The van der Waals surface area contributed by atoms with Gasteiger partial charge in [0.25, 0.3) is 5.91 Å². The zero-order valence-corrected chi connectivity index (χ0v) is 10.6. The van der Waals surface area contributed by atoms with Crippen LogP contribution in [0.25, 0.3) is 22.0 Å². The summed E-state index contributed by atoms with van der Waals surface area (Å²) in [6.07, 6.45) is 0. The molecular weight excluding hydrogens is 236 g/mol. The number of hydrogen-bond acceptors (Lipinski definition) is 1. The SMILES string of the molecule is Cn1c(C(N)=O)c(-c2ccccc2)c2ccccc21. The largest absolute Gasteiger partial charge is 0.364 e. The molecule has 1 heterocycles. The standard InChI is InChI=1S/C16H14N2O/c1-18-13-10-6-5-9-12(13)14(15(18)16(17)19)11-7-3-2-4-8-11/h2-10H,1H3,(H2,17,19). The molecule has 2 aromatic carbocycles. The Hall–Kier alpha value is -2.55. The molecule has 2 N–H and O–H groups in total. The Morgan fingerprint density at radius 2 is 1.63 bits per heavy atom. The molecule has 0 aliphatic carbocycles. The van der Waals surface area contributed by atoms with Crippen LogP contribution >= 0.6 is 0 Å². The predicted octanol–water partition coefficient (Wildman–Crippen LogP) is 2.94. The number of para-hydroxylation sites is 1. The molecule has 0 atom stereocenters. The summed E-state index contributed by atoms with van der Waals surface area (Å²) in [5, 5.41) is 1.05. The summed E-state index contributed by atoms with van der Waals surface area (Å²) in [6, 6.07) is 17.8. The number of aryl methyl sites for hydroxylation is 1. The lowest BCUT2D eigenvalue weighted by atomic mass is 10.0. The minimum absolute atomic E-state index is 0.405. The number of rotatable bonds is 2. The lowest BCUT2D eigenvalue weighted by molar-refractivity contribution is 0.0993. The van der Waals surface area contributed by atoms with Gasteiger partial charge in [0, 0.05) is 23.5 Å². The van der Waals surface area contributed by atoms with E-state index >= 15 is 0 Å². The summed E-state index contributed by atoms with van der Waals surface area (Å²) in [7, 11) is 1.87. The quantitative estimate of drug-likeness (QED) is 0.746. The Bertz CT molecular complexity index is 757. The van der Waals surface area contributed by atoms with Gasteiger partial charge in [-0.3, -0.25) is 4.79 Å². The van der Waals surface area contributed by atoms with Crippen molar-refractivity contribution in [2.75, 3.05) is 0 Å². The lowest BCUT2D eigenvalue weighted by Gasteiger charge is -2.04. The number of carbonyl (C=O) groups is 1. The molecule has 0 aliphatic heterocycles. The molecule has 0 saturated heterocycles. The van der Waals surface area contributed by atoms with Crippen LogP contribution in [-0.4, -0.2) is 10.5 Å². The van der Waals surface area contributed by atoms with E-state index in [-0.39, 0.29) is 0 Å². The number of benzene rings is 2. The third-order valence-electron chi connectivity index (χ3n) is 3.40. The fourth-order valence-electron chi connectivity index (χ4n) is 2.58. The van der Waals surface area contributed by atoms with Crippen LogP contribution in [0.15, 0.2) is 54.6 Å². The average Bonchev–Trinajstić information content (AvgIpc) is 2.74. The topological polar surface area (TPSA) is 48.0 Å². The van der Waals surface area contributed by atoms with Gasteiger partial charge in [-0.2, -0.15) is 0 Å². The molecule has 0 fully saturated rings. The van der Waals surface area contributed by atoms with E-state index in [4.69, 9.17) is 5.73 Å². The summed E-state index contributed by atoms with van der Waals surface area (Å²) in [4.78, 5) is 11.8. The van der Waals surface area contributed by atoms with E-state index in [9.17, 15) is 4.79 Å². The molecule has 0 spiro atoms. The number of amides is 1. The van der Waals surface area contributed by atoms with Crippen LogP contribution in [0.4, 0.5) is 0 Å². The van der Waals surface area contributed by atoms with Crippen LogP contribution < -0.4 is 5.73 Å². The molecule has 0 saturated carbocycles. The average molecular weight is 250 g/mol. The highest BCUT2D eigenvalue weighted by Crippen LogP contribution is 2.33. The Morgan fingerprint density at radius 1 is 1.00 bits per heavy atom. The molecule has 0 radical (unpaired) electrons. The van der Waals surface area contributed by atoms with E-state index in [1.54, 1.807) is 0 Å². The highest BCUT2D eigenvalue weighted by molar-refractivity contribution is 6.09. The van der Waals surface area contributed by atoms with Gasteiger partial charge in [-0.25, -0.2) is 0 Å². The monoisotopic (exact) mass is 250 g/mol. The van der Waals surface area contributed by atoms with Crippen molar-refractivity contribution < 1.29 is 4.79 Å². The minimum Gasteiger partial charge on any atom is -0.364 e. The summed E-state index contributed by atoms with van der Waals surface area (Å²) in [5.41, 5.74) is 9.03. The third-order valence-corrected chi connectivity index (χ3v) is 3.40. The van der Waals surface area contributed by atoms with Gasteiger partial charge in [0.1, 0.15) is 5.69 Å². The van der Waals surface area contributed by atoms with Crippen LogP contribution in [0.1, 0.15) is 10.5 Å². The molecule has 94 valence electrons. The zero-order valence-electron chi connectivity index (χ0n) is 10.6. The number of fused-ring (bicyclic) bond motifs is 1. The molecule has 3 heteroatoms. The predicted molar refractivity (Wildman–Crippen MR) is 76.9 cm³/mol. The van der Waals surface area contributed by atoms with Crippen molar-refractivity contribution in [2.45, 2.75) is 0 Å². The second-order valence-electron chi connectivity index (χ2n) is 4.53. The summed E-state index contributed by atoms with van der Waals surface area (Å²) >= 11 is 0. The molecule has 1 amide bonds. The van der Waals surface area contributed by atoms with E-state index < -0.39 is 5.91 Å². The third kappa shape index (κ3) is 1.71. The van der Waals surface area contributed by atoms with Crippen LogP contribution in [0, 0.1) is 0 Å². The number of carbonyl (C=O) groups excluding carboxylic acids is 1. The molecule has 0 unspecified atom stereocenters. The summed E-state index contributed by atoms with van der Waals surface area (Å²) in [5.74, 6) is -0.405. The number of nitrogens with two attached hydrogens (primary N) is 1. The second-order valence-corrected chi connectivity index (χ2v) is 4.53. The van der Waals surface area contributed by atoms with Crippen molar-refractivity contribution >= 4 is 16.8 Å². The second kappa shape index (κ2) is 4.28. The van der Waals surface area contributed by atoms with Crippen LogP contribution in [0.3, 0.4) is 0 Å². The first-order valence-electron chi connectivity index (χ1n) is 6.13. The minimum atomic E-state index is -0.405. The van der Waals surface area contributed by atoms with E-state index in [0.717, 1.165) is 22.0 Å². The van der Waals surface area contributed by atoms with E-state index in [0.29, 0.717) is 5.69 Å². The summed E-state index contributed by atoms with van der Waals surface area (Å²) in [6.45, 7) is 0. The van der Waals surface area contributed by atoms with Gasteiger partial charge in [-0.05, 0) is 11.6 Å². The Balaban J connectivity index is 2.46. The molecule has 3 aromatic rings. The maximum absolute atomic E-state index is 11.8. The zero-order chi connectivity index (χ0) is 13.4. The van der Waals surface area contributed by atoms with Gasteiger partial charge >= 0.3 is 0 Å². The van der Waals surface area contributed by atoms with Crippen LogP contribution in [-0.2, 0) is 7.05 Å². The first kappa shape index (κ1) is 11.5. The molecule has 19 heavy (non-hydrogen) atoms. The molecule has 0 aliphatic rings. The Morgan fingerprint density at radius 3 is 2.32 bits per heavy atom. The van der Waals surface area contributed by atoms with Gasteiger partial charge in [0.2, 0.25) is 0 Å². The van der Waals surface area contributed by atoms with E-state index in [1.807, 2.05) is 66.2 Å². The van der Waals surface area contributed by atoms with Crippen molar-refractivity contribution in [2.24, 2.45) is 12.8 Å².